The summed E-state index contributed by atoms with van der Waals surface area (Å²) < 4.78 is 16.6. The Morgan fingerprint density at radius 3 is 2.47 bits per heavy atom. The molecule has 0 spiro atoms. The number of fused-ring (bicyclic) bond motifs is 1. The van der Waals surface area contributed by atoms with Crippen molar-refractivity contribution in [3.05, 3.63) is 35.6 Å². The van der Waals surface area contributed by atoms with Gasteiger partial charge in [0.25, 0.3) is 0 Å². The van der Waals surface area contributed by atoms with Crippen LogP contribution >= 0.6 is 0 Å². The van der Waals surface area contributed by atoms with Gasteiger partial charge < -0.3 is 18.8 Å². The first-order valence-corrected chi connectivity index (χ1v) is 11.0. The van der Waals surface area contributed by atoms with Crippen molar-refractivity contribution >= 4 is 29.3 Å². The number of carbonyl (C=O) groups excluding carboxylic acids is 3. The van der Waals surface area contributed by atoms with Crippen LogP contribution in [-0.2, 0) is 20.7 Å². The fourth-order valence-corrected chi connectivity index (χ4v) is 4.00. The van der Waals surface area contributed by atoms with Gasteiger partial charge in [-0.15, -0.1) is 0 Å². The van der Waals surface area contributed by atoms with Gasteiger partial charge in [-0.3, -0.25) is 9.59 Å². The van der Waals surface area contributed by atoms with E-state index in [0.29, 0.717) is 37.1 Å². The molecule has 0 aliphatic carbocycles. The molecule has 1 aromatic heterocycles. The van der Waals surface area contributed by atoms with E-state index >= 15 is 0 Å². The number of benzene rings is 1. The van der Waals surface area contributed by atoms with Crippen molar-refractivity contribution in [2.45, 2.75) is 65.6 Å². The first-order chi connectivity index (χ1) is 14.9. The summed E-state index contributed by atoms with van der Waals surface area (Å²) in [5.41, 5.74) is 0.830. The summed E-state index contributed by atoms with van der Waals surface area (Å²) in [5, 5.41) is 0.724. The lowest BCUT2D eigenvalue weighted by molar-refractivity contribution is -0.161. The molecule has 2 atom stereocenters. The molecule has 0 saturated carbocycles. The van der Waals surface area contributed by atoms with Crippen molar-refractivity contribution in [3.8, 4) is 0 Å². The normalized spacial score (nSPS) is 17.9. The highest BCUT2D eigenvalue weighted by molar-refractivity contribution is 5.96. The van der Waals surface area contributed by atoms with Crippen LogP contribution in [0.3, 0.4) is 0 Å². The van der Waals surface area contributed by atoms with Gasteiger partial charge in [-0.05, 0) is 78.0 Å². The third kappa shape index (κ3) is 5.90. The molecule has 0 bridgehead atoms. The molecule has 1 aromatic carbocycles. The minimum Gasteiger partial charge on any atom is -0.464 e. The molecule has 1 fully saturated rings. The van der Waals surface area contributed by atoms with Crippen LogP contribution in [0, 0.1) is 11.8 Å². The number of likely N-dealkylation sites (tertiary alicyclic amines) is 1. The van der Waals surface area contributed by atoms with Gasteiger partial charge in [-0.25, -0.2) is 4.79 Å². The highest BCUT2D eigenvalue weighted by Gasteiger charge is 2.39. The number of nitrogens with zero attached hydrogens (tertiary/aromatic N) is 1. The van der Waals surface area contributed by atoms with Gasteiger partial charge in [0.05, 0.1) is 11.5 Å². The average Bonchev–Trinajstić information content (AvgIpc) is 3.30. The summed E-state index contributed by atoms with van der Waals surface area (Å²) in [4.78, 5) is 38.6. The predicted molar refractivity (Wildman–Crippen MR) is 121 cm³/mol. The van der Waals surface area contributed by atoms with Crippen molar-refractivity contribution < 1.29 is 28.3 Å². The van der Waals surface area contributed by atoms with E-state index in [2.05, 4.69) is 0 Å². The molecule has 3 rings (SSSR count). The Morgan fingerprint density at radius 2 is 1.84 bits per heavy atom. The second-order valence-corrected chi connectivity index (χ2v) is 10.5. The van der Waals surface area contributed by atoms with E-state index in [1.165, 1.54) is 6.26 Å². The van der Waals surface area contributed by atoms with Crippen molar-refractivity contribution in [2.24, 2.45) is 11.8 Å². The molecule has 1 aliphatic rings. The molecule has 0 radical (unpaired) electrons. The molecule has 7 nitrogen and oxygen atoms in total. The summed E-state index contributed by atoms with van der Waals surface area (Å²) in [6.45, 7) is 12.0. The standard InChI is InChI=1S/C25H33NO6/c1-24(2,3)31-22(28)20(17-9-10-26(13-17)23(29)32-25(4,5)6)12-16-7-8-21-19(11-16)18(14-27)15-30-21/h7-8,11,14-15,17,20H,9-10,12-13H2,1-6H3. The molecule has 1 amide bonds. The van der Waals surface area contributed by atoms with Crippen LogP contribution in [0.5, 0.6) is 0 Å². The van der Waals surface area contributed by atoms with Crippen molar-refractivity contribution in [3.63, 3.8) is 0 Å². The monoisotopic (exact) mass is 443 g/mol. The molecule has 2 heterocycles. The number of esters is 1. The largest absolute Gasteiger partial charge is 0.464 e. The summed E-state index contributed by atoms with van der Waals surface area (Å²) in [7, 11) is 0. The van der Waals surface area contributed by atoms with E-state index in [9.17, 15) is 14.4 Å². The predicted octanol–water partition coefficient (Wildman–Crippen LogP) is 5.00. The van der Waals surface area contributed by atoms with Crippen LogP contribution in [0.1, 0.15) is 63.9 Å². The summed E-state index contributed by atoms with van der Waals surface area (Å²) in [6, 6.07) is 5.60. The SMILES string of the molecule is CC(C)(C)OC(=O)C(Cc1ccc2occ(C=O)c2c1)C1CCN(C(=O)OC(C)(C)C)C1. The minimum absolute atomic E-state index is 0.0528. The number of rotatable bonds is 5. The van der Waals surface area contributed by atoms with Gasteiger partial charge in [-0.1, -0.05) is 6.07 Å². The molecule has 2 aromatic rings. The van der Waals surface area contributed by atoms with Crippen LogP contribution in [0.4, 0.5) is 4.79 Å². The smallest absolute Gasteiger partial charge is 0.410 e. The maximum Gasteiger partial charge on any atom is 0.410 e. The lowest BCUT2D eigenvalue weighted by Gasteiger charge is -2.28. The second kappa shape index (κ2) is 8.96. The van der Waals surface area contributed by atoms with Gasteiger partial charge >= 0.3 is 12.1 Å². The maximum absolute atomic E-state index is 13.2. The third-order valence-corrected chi connectivity index (χ3v) is 5.41. The Labute approximate surface area is 189 Å². The first kappa shape index (κ1) is 23.8. The quantitative estimate of drug-likeness (QED) is 0.477. The lowest BCUT2D eigenvalue weighted by Crippen LogP contribution is -2.38. The van der Waals surface area contributed by atoms with E-state index in [4.69, 9.17) is 13.9 Å². The van der Waals surface area contributed by atoms with Gasteiger partial charge in [0.2, 0.25) is 0 Å². The Balaban J connectivity index is 1.82. The molecule has 0 N–H and O–H groups in total. The third-order valence-electron chi connectivity index (χ3n) is 5.41. The molecule has 7 heteroatoms. The lowest BCUT2D eigenvalue weighted by atomic mass is 9.85. The zero-order chi connectivity index (χ0) is 23.7. The fourth-order valence-electron chi connectivity index (χ4n) is 4.00. The Morgan fingerprint density at radius 1 is 1.16 bits per heavy atom. The number of carbonyl (C=O) groups is 3. The Hall–Kier alpha value is -2.83. The molecular weight excluding hydrogens is 410 g/mol. The highest BCUT2D eigenvalue weighted by Crippen LogP contribution is 2.32. The van der Waals surface area contributed by atoms with Crippen LogP contribution in [0.15, 0.2) is 28.9 Å². The Bertz CT molecular complexity index is 994. The molecule has 174 valence electrons. The van der Waals surface area contributed by atoms with E-state index in [-0.39, 0.29) is 18.0 Å². The maximum atomic E-state index is 13.2. The molecule has 32 heavy (non-hydrogen) atoms. The van der Waals surface area contributed by atoms with E-state index in [1.54, 1.807) is 4.90 Å². The number of amides is 1. The van der Waals surface area contributed by atoms with Gasteiger partial charge in [-0.2, -0.15) is 0 Å². The average molecular weight is 444 g/mol. The molecule has 1 saturated heterocycles. The fraction of sp³-hybridized carbons (Fsp3) is 0.560. The number of hydrogen-bond donors (Lipinski definition) is 0. The number of ether oxygens (including phenoxy) is 2. The summed E-state index contributed by atoms with van der Waals surface area (Å²) in [5.74, 6) is -0.759. The second-order valence-electron chi connectivity index (χ2n) is 10.5. The molecular formula is C25H33NO6. The summed E-state index contributed by atoms with van der Waals surface area (Å²) in [6.07, 6.45) is 2.97. The van der Waals surface area contributed by atoms with E-state index in [1.807, 2.05) is 59.7 Å². The Kier molecular flexibility index (Phi) is 6.67. The van der Waals surface area contributed by atoms with E-state index in [0.717, 1.165) is 17.2 Å². The van der Waals surface area contributed by atoms with Crippen LogP contribution < -0.4 is 0 Å². The number of aldehydes is 1. The van der Waals surface area contributed by atoms with Crippen LogP contribution in [0.25, 0.3) is 11.0 Å². The topological polar surface area (TPSA) is 86.0 Å². The van der Waals surface area contributed by atoms with E-state index < -0.39 is 17.1 Å². The minimum atomic E-state index is -0.613. The number of furan rings is 1. The summed E-state index contributed by atoms with van der Waals surface area (Å²) >= 11 is 0. The number of hydrogen-bond acceptors (Lipinski definition) is 6. The zero-order valence-electron chi connectivity index (χ0n) is 19.8. The van der Waals surface area contributed by atoms with Crippen molar-refractivity contribution in [1.29, 1.82) is 0 Å². The first-order valence-electron chi connectivity index (χ1n) is 11.0. The van der Waals surface area contributed by atoms with Gasteiger partial charge in [0, 0.05) is 18.5 Å². The van der Waals surface area contributed by atoms with Crippen molar-refractivity contribution in [2.75, 3.05) is 13.1 Å². The highest BCUT2D eigenvalue weighted by atomic mass is 16.6. The van der Waals surface area contributed by atoms with Crippen molar-refractivity contribution in [1.82, 2.24) is 4.90 Å². The van der Waals surface area contributed by atoms with Crippen LogP contribution in [0.2, 0.25) is 0 Å². The van der Waals surface area contributed by atoms with Gasteiger partial charge in [0.15, 0.2) is 6.29 Å². The molecule has 2 unspecified atom stereocenters. The van der Waals surface area contributed by atoms with Gasteiger partial charge in [0.1, 0.15) is 23.0 Å². The van der Waals surface area contributed by atoms with Crippen LogP contribution in [-0.4, -0.2) is 47.5 Å². The zero-order valence-corrected chi connectivity index (χ0v) is 19.8. The molecule has 1 aliphatic heterocycles.